The molecule has 0 spiro atoms. The van der Waals surface area contributed by atoms with Gasteiger partial charge in [0, 0.05) is 5.92 Å². The van der Waals surface area contributed by atoms with Gasteiger partial charge < -0.3 is 4.74 Å². The van der Waals surface area contributed by atoms with Gasteiger partial charge in [0.05, 0.1) is 10.6 Å². The van der Waals surface area contributed by atoms with Crippen molar-refractivity contribution in [1.82, 2.24) is 4.72 Å². The first-order chi connectivity index (χ1) is 15.1. The SMILES string of the molecule is Cc1ccc(F)c(C(C)[C@H](NS(=O)(=O)c2ccc(Cl)c(C=O)c2F)C(=O)OC(C)(C)C)c1C. The predicted octanol–water partition coefficient (Wildman–Crippen LogP) is 4.84. The number of sulfonamides is 1. The number of carbonyl (C=O) groups excluding carboxylic acids is 2. The molecule has 33 heavy (non-hydrogen) atoms. The molecule has 0 amide bonds. The average Bonchev–Trinajstić information content (AvgIpc) is 2.68. The molecular formula is C23H26ClF2NO5S. The molecule has 0 saturated carbocycles. The summed E-state index contributed by atoms with van der Waals surface area (Å²) in [6.45, 7) is 9.65. The van der Waals surface area contributed by atoms with E-state index in [0.717, 1.165) is 17.7 Å². The number of carbonyl (C=O) groups is 2. The normalized spacial score (nSPS) is 14.0. The second-order valence-electron chi connectivity index (χ2n) is 8.72. The van der Waals surface area contributed by atoms with E-state index in [1.54, 1.807) is 40.7 Å². The van der Waals surface area contributed by atoms with E-state index in [-0.39, 0.29) is 16.9 Å². The summed E-state index contributed by atoms with van der Waals surface area (Å²) in [6.07, 6.45) is 0.0934. The summed E-state index contributed by atoms with van der Waals surface area (Å²) in [7, 11) is -4.69. The minimum absolute atomic E-state index is 0.0934. The predicted molar refractivity (Wildman–Crippen MR) is 121 cm³/mol. The Morgan fingerprint density at radius 2 is 1.76 bits per heavy atom. The van der Waals surface area contributed by atoms with Crippen molar-refractivity contribution in [3.63, 3.8) is 0 Å². The third kappa shape index (κ3) is 5.96. The molecule has 180 valence electrons. The van der Waals surface area contributed by atoms with Gasteiger partial charge in [-0.1, -0.05) is 24.6 Å². The van der Waals surface area contributed by atoms with Gasteiger partial charge in [-0.05, 0) is 69.5 Å². The Hall–Kier alpha value is -2.36. The minimum atomic E-state index is -4.69. The van der Waals surface area contributed by atoms with E-state index in [9.17, 15) is 26.8 Å². The number of halogens is 3. The van der Waals surface area contributed by atoms with Crippen molar-refractivity contribution in [1.29, 1.82) is 0 Å². The fraction of sp³-hybridized carbons (Fsp3) is 0.391. The van der Waals surface area contributed by atoms with Crippen LogP contribution in [-0.4, -0.2) is 32.3 Å². The topological polar surface area (TPSA) is 89.5 Å². The monoisotopic (exact) mass is 501 g/mol. The third-order valence-electron chi connectivity index (χ3n) is 5.13. The van der Waals surface area contributed by atoms with Crippen LogP contribution in [0.5, 0.6) is 0 Å². The molecule has 1 unspecified atom stereocenters. The van der Waals surface area contributed by atoms with Crippen LogP contribution in [0, 0.1) is 25.5 Å². The van der Waals surface area contributed by atoms with Gasteiger partial charge in [-0.2, -0.15) is 4.72 Å². The molecule has 2 aromatic rings. The van der Waals surface area contributed by atoms with Crippen LogP contribution >= 0.6 is 11.6 Å². The van der Waals surface area contributed by atoms with E-state index in [0.29, 0.717) is 5.56 Å². The molecule has 0 bridgehead atoms. The second kappa shape index (κ2) is 9.87. The molecule has 2 aromatic carbocycles. The lowest BCUT2D eigenvalue weighted by Gasteiger charge is -2.29. The Bertz CT molecular complexity index is 1190. The lowest BCUT2D eigenvalue weighted by molar-refractivity contribution is -0.157. The first kappa shape index (κ1) is 26.9. The summed E-state index contributed by atoms with van der Waals surface area (Å²) in [4.78, 5) is 23.3. The van der Waals surface area contributed by atoms with E-state index < -0.39 is 55.6 Å². The van der Waals surface area contributed by atoms with E-state index >= 15 is 0 Å². The number of hydrogen-bond donors (Lipinski definition) is 1. The van der Waals surface area contributed by atoms with Crippen molar-refractivity contribution >= 4 is 33.9 Å². The Kier molecular flexibility index (Phi) is 8.04. The highest BCUT2D eigenvalue weighted by atomic mass is 35.5. The molecule has 0 fully saturated rings. The number of benzene rings is 2. The standard InChI is InChI=1S/C23H26ClF2NO5S/c1-12-7-9-17(25)19(13(12)2)14(3)21(22(29)32-23(4,5)6)27-33(30,31)18-10-8-16(24)15(11-28)20(18)26/h7-11,14,21,27H,1-6H3/t14?,21-/m0/s1. The molecule has 0 aliphatic heterocycles. The lowest BCUT2D eigenvalue weighted by Crippen LogP contribution is -2.47. The molecule has 0 heterocycles. The van der Waals surface area contributed by atoms with Gasteiger partial charge in [0.1, 0.15) is 22.4 Å². The Balaban J connectivity index is 2.62. The first-order valence-corrected chi connectivity index (χ1v) is 11.9. The van der Waals surface area contributed by atoms with Crippen molar-refractivity contribution in [2.45, 2.75) is 64.0 Å². The maximum Gasteiger partial charge on any atom is 0.325 e. The van der Waals surface area contributed by atoms with Crippen molar-refractivity contribution in [2.75, 3.05) is 0 Å². The van der Waals surface area contributed by atoms with Crippen LogP contribution in [0.3, 0.4) is 0 Å². The summed E-state index contributed by atoms with van der Waals surface area (Å²) in [5, 5.41) is -0.268. The van der Waals surface area contributed by atoms with Gasteiger partial charge in [-0.3, -0.25) is 9.59 Å². The molecule has 6 nitrogen and oxygen atoms in total. The molecule has 0 radical (unpaired) electrons. The smallest absolute Gasteiger partial charge is 0.325 e. The number of aldehydes is 1. The van der Waals surface area contributed by atoms with E-state index in [1.807, 2.05) is 0 Å². The zero-order valence-corrected chi connectivity index (χ0v) is 20.7. The molecular weight excluding hydrogens is 476 g/mol. The highest BCUT2D eigenvalue weighted by Gasteiger charge is 2.37. The minimum Gasteiger partial charge on any atom is -0.459 e. The van der Waals surface area contributed by atoms with Gasteiger partial charge >= 0.3 is 5.97 Å². The maximum absolute atomic E-state index is 14.8. The summed E-state index contributed by atoms with van der Waals surface area (Å²) < 4.78 is 63.2. The highest BCUT2D eigenvalue weighted by molar-refractivity contribution is 7.89. The Morgan fingerprint density at radius 1 is 1.15 bits per heavy atom. The molecule has 0 aliphatic carbocycles. The zero-order chi connectivity index (χ0) is 25.3. The Labute approximate surface area is 197 Å². The largest absolute Gasteiger partial charge is 0.459 e. The van der Waals surface area contributed by atoms with Crippen LogP contribution < -0.4 is 4.72 Å². The molecule has 10 heteroatoms. The molecule has 0 aliphatic rings. The number of ether oxygens (including phenoxy) is 1. The number of esters is 1. The maximum atomic E-state index is 14.8. The zero-order valence-electron chi connectivity index (χ0n) is 19.1. The van der Waals surface area contributed by atoms with Crippen LogP contribution in [0.1, 0.15) is 60.7 Å². The lowest BCUT2D eigenvalue weighted by atomic mass is 9.88. The van der Waals surface area contributed by atoms with Crippen molar-refractivity contribution < 1.29 is 31.5 Å². The van der Waals surface area contributed by atoms with Crippen LogP contribution in [0.25, 0.3) is 0 Å². The summed E-state index contributed by atoms with van der Waals surface area (Å²) in [5.74, 6) is -3.97. The highest BCUT2D eigenvalue weighted by Crippen LogP contribution is 2.31. The van der Waals surface area contributed by atoms with E-state index in [1.165, 1.54) is 13.0 Å². The Morgan fingerprint density at radius 3 is 2.30 bits per heavy atom. The molecule has 1 N–H and O–H groups in total. The van der Waals surface area contributed by atoms with E-state index in [2.05, 4.69) is 4.72 Å². The number of aryl methyl sites for hydroxylation is 1. The van der Waals surface area contributed by atoms with Crippen molar-refractivity contribution in [2.24, 2.45) is 0 Å². The summed E-state index contributed by atoms with van der Waals surface area (Å²) in [6, 6.07) is 3.13. The van der Waals surface area contributed by atoms with Gasteiger partial charge in [-0.15, -0.1) is 0 Å². The van der Waals surface area contributed by atoms with Crippen LogP contribution in [0.4, 0.5) is 8.78 Å². The summed E-state index contributed by atoms with van der Waals surface area (Å²) in [5.41, 5.74) is -0.211. The van der Waals surface area contributed by atoms with Gasteiger partial charge in [-0.25, -0.2) is 17.2 Å². The average molecular weight is 502 g/mol. The van der Waals surface area contributed by atoms with Gasteiger partial charge in [0.25, 0.3) is 0 Å². The number of hydrogen-bond acceptors (Lipinski definition) is 5. The van der Waals surface area contributed by atoms with Crippen LogP contribution in [-0.2, 0) is 19.6 Å². The summed E-state index contributed by atoms with van der Waals surface area (Å²) >= 11 is 5.76. The quantitative estimate of drug-likeness (QED) is 0.433. The molecule has 2 rings (SSSR count). The van der Waals surface area contributed by atoms with E-state index in [4.69, 9.17) is 16.3 Å². The van der Waals surface area contributed by atoms with Crippen molar-refractivity contribution in [3.05, 3.63) is 63.2 Å². The molecule has 0 saturated heterocycles. The third-order valence-corrected chi connectivity index (χ3v) is 6.92. The fourth-order valence-corrected chi connectivity index (χ4v) is 4.89. The molecule has 0 aromatic heterocycles. The van der Waals surface area contributed by atoms with Crippen LogP contribution in [0.15, 0.2) is 29.2 Å². The van der Waals surface area contributed by atoms with Crippen LogP contribution in [0.2, 0.25) is 5.02 Å². The molecule has 2 atom stereocenters. The number of rotatable bonds is 7. The first-order valence-electron chi connectivity index (χ1n) is 10.0. The van der Waals surface area contributed by atoms with Gasteiger partial charge in [0.15, 0.2) is 12.1 Å². The number of nitrogens with one attached hydrogen (secondary N) is 1. The fourth-order valence-electron chi connectivity index (χ4n) is 3.35. The second-order valence-corrected chi connectivity index (χ2v) is 10.8. The van der Waals surface area contributed by atoms with Gasteiger partial charge in [0.2, 0.25) is 10.0 Å². The van der Waals surface area contributed by atoms with Crippen molar-refractivity contribution in [3.8, 4) is 0 Å².